The van der Waals surface area contributed by atoms with E-state index < -0.39 is 0 Å². The Kier molecular flexibility index (Phi) is 6.30. The zero-order valence-electron chi connectivity index (χ0n) is 19.4. The van der Waals surface area contributed by atoms with Gasteiger partial charge in [0.1, 0.15) is 5.58 Å². The highest BCUT2D eigenvalue weighted by Crippen LogP contribution is 2.45. The molecule has 0 aliphatic heterocycles. The number of hydrogen-bond donors (Lipinski definition) is 1. The van der Waals surface area contributed by atoms with Crippen molar-refractivity contribution in [3.05, 3.63) is 134 Å². The van der Waals surface area contributed by atoms with Crippen LogP contribution in [0.5, 0.6) is 0 Å². The largest absolute Gasteiger partial charge is 0.422 e. The van der Waals surface area contributed by atoms with Crippen LogP contribution in [-0.4, -0.2) is 4.55 Å². The van der Waals surface area contributed by atoms with Gasteiger partial charge in [0.05, 0.1) is 10.5 Å². The van der Waals surface area contributed by atoms with Crippen molar-refractivity contribution in [1.29, 1.82) is 0 Å². The van der Waals surface area contributed by atoms with E-state index in [9.17, 15) is 9.35 Å². The molecule has 5 heteroatoms. The smallest absolute Gasteiger partial charge is 0.341 e. The molecule has 6 rings (SSSR count). The summed E-state index contributed by atoms with van der Waals surface area (Å²) in [5, 5.41) is 0.762. The fraction of sp³-hybridized carbons (Fsp3) is 0.129. The van der Waals surface area contributed by atoms with Crippen LogP contribution in [0, 0.1) is 0 Å². The van der Waals surface area contributed by atoms with Crippen molar-refractivity contribution in [2.45, 2.75) is 29.6 Å². The van der Waals surface area contributed by atoms with Gasteiger partial charge in [-0.2, -0.15) is 0 Å². The van der Waals surface area contributed by atoms with Gasteiger partial charge >= 0.3 is 5.63 Å². The Labute approximate surface area is 222 Å². The SMILES string of the molecule is O=c1oc2ccccc2c(SO)c1C1CC(c2ccc(-c3ccc(Br)cc3)cc2)Cc2ccccc21. The third-order valence-electron chi connectivity index (χ3n) is 7.22. The van der Waals surface area contributed by atoms with Crippen LogP contribution >= 0.6 is 28.0 Å². The average molecular weight is 555 g/mol. The lowest BCUT2D eigenvalue weighted by molar-refractivity contribution is 0.493. The monoisotopic (exact) mass is 554 g/mol. The molecule has 5 aromatic rings. The Bertz CT molecular complexity index is 1610. The van der Waals surface area contributed by atoms with Gasteiger partial charge in [0.2, 0.25) is 0 Å². The first-order valence-corrected chi connectivity index (χ1v) is 13.5. The van der Waals surface area contributed by atoms with Crippen molar-refractivity contribution in [2.75, 3.05) is 0 Å². The number of hydrogen-bond acceptors (Lipinski definition) is 4. The van der Waals surface area contributed by atoms with Crippen LogP contribution < -0.4 is 5.63 Å². The Morgan fingerprint density at radius 2 is 1.50 bits per heavy atom. The molecule has 178 valence electrons. The number of rotatable bonds is 4. The molecule has 0 fully saturated rings. The Morgan fingerprint density at radius 3 is 2.25 bits per heavy atom. The van der Waals surface area contributed by atoms with Crippen LogP contribution in [0.25, 0.3) is 22.1 Å². The van der Waals surface area contributed by atoms with Gasteiger partial charge < -0.3 is 8.97 Å². The number of fused-ring (bicyclic) bond motifs is 2. The van der Waals surface area contributed by atoms with E-state index in [1.165, 1.54) is 22.3 Å². The Hall–Kier alpha value is -3.12. The third kappa shape index (κ3) is 4.21. The molecule has 0 radical (unpaired) electrons. The number of para-hydroxylation sites is 1. The second-order valence-corrected chi connectivity index (χ2v) is 10.7. The van der Waals surface area contributed by atoms with E-state index >= 15 is 0 Å². The summed E-state index contributed by atoms with van der Waals surface area (Å²) in [4.78, 5) is 13.9. The van der Waals surface area contributed by atoms with Crippen LogP contribution in [-0.2, 0) is 6.42 Å². The molecule has 1 heterocycles. The highest BCUT2D eigenvalue weighted by Gasteiger charge is 2.33. The van der Waals surface area contributed by atoms with Gasteiger partial charge in [-0.25, -0.2) is 4.79 Å². The molecule has 1 aliphatic rings. The van der Waals surface area contributed by atoms with Crippen molar-refractivity contribution in [1.82, 2.24) is 0 Å². The molecule has 0 amide bonds. The highest BCUT2D eigenvalue weighted by atomic mass is 79.9. The van der Waals surface area contributed by atoms with Gasteiger partial charge in [0.15, 0.2) is 0 Å². The summed E-state index contributed by atoms with van der Waals surface area (Å²) in [5.41, 5.74) is 6.63. The quantitative estimate of drug-likeness (QED) is 0.178. The van der Waals surface area contributed by atoms with Crippen molar-refractivity contribution < 1.29 is 8.97 Å². The number of benzene rings is 4. The van der Waals surface area contributed by atoms with Crippen molar-refractivity contribution in [3.8, 4) is 11.1 Å². The van der Waals surface area contributed by atoms with Crippen LogP contribution in [0.2, 0.25) is 0 Å². The summed E-state index contributed by atoms with van der Waals surface area (Å²) in [5.74, 6) is 0.0767. The van der Waals surface area contributed by atoms with Crippen LogP contribution in [0.3, 0.4) is 0 Å². The first-order valence-electron chi connectivity index (χ1n) is 11.9. The van der Waals surface area contributed by atoms with Gasteiger partial charge in [-0.1, -0.05) is 94.8 Å². The minimum Gasteiger partial charge on any atom is -0.422 e. The summed E-state index contributed by atoms with van der Waals surface area (Å²) >= 11 is 4.14. The summed E-state index contributed by atoms with van der Waals surface area (Å²) in [7, 11) is 0. The predicted molar refractivity (Wildman–Crippen MR) is 150 cm³/mol. The molecule has 2 unspecified atom stereocenters. The molecule has 1 aromatic heterocycles. The van der Waals surface area contributed by atoms with Gasteiger partial charge in [-0.15, -0.1) is 0 Å². The van der Waals surface area contributed by atoms with Crippen LogP contribution in [0.1, 0.15) is 40.5 Å². The molecule has 2 atom stereocenters. The summed E-state index contributed by atoms with van der Waals surface area (Å²) in [6, 6.07) is 32.8. The van der Waals surface area contributed by atoms with Crippen molar-refractivity contribution in [3.63, 3.8) is 0 Å². The van der Waals surface area contributed by atoms with Gasteiger partial charge in [-0.05, 0) is 64.8 Å². The first-order chi connectivity index (χ1) is 17.6. The topological polar surface area (TPSA) is 50.4 Å². The maximum atomic E-state index is 13.3. The fourth-order valence-electron chi connectivity index (χ4n) is 5.47. The van der Waals surface area contributed by atoms with E-state index in [0.29, 0.717) is 28.1 Å². The van der Waals surface area contributed by atoms with Gasteiger partial charge in [-0.3, -0.25) is 0 Å². The molecule has 0 saturated heterocycles. The first kappa shape index (κ1) is 23.3. The third-order valence-corrected chi connectivity index (χ3v) is 8.37. The summed E-state index contributed by atoms with van der Waals surface area (Å²) in [6.45, 7) is 0. The molecule has 4 aromatic carbocycles. The van der Waals surface area contributed by atoms with Crippen LogP contribution in [0.4, 0.5) is 0 Å². The van der Waals surface area contributed by atoms with E-state index in [0.717, 1.165) is 28.3 Å². The molecule has 0 spiro atoms. The summed E-state index contributed by atoms with van der Waals surface area (Å²) < 4.78 is 17.1. The molecule has 1 N–H and O–H groups in total. The lowest BCUT2D eigenvalue weighted by Crippen LogP contribution is -2.23. The minimum absolute atomic E-state index is 0.165. The highest BCUT2D eigenvalue weighted by molar-refractivity contribution is 9.10. The van der Waals surface area contributed by atoms with E-state index in [4.69, 9.17) is 4.42 Å². The second-order valence-electron chi connectivity index (χ2n) is 9.24. The molecular weight excluding hydrogens is 532 g/mol. The maximum Gasteiger partial charge on any atom is 0.341 e. The van der Waals surface area contributed by atoms with Gasteiger partial charge in [0.25, 0.3) is 0 Å². The zero-order chi connectivity index (χ0) is 24.6. The summed E-state index contributed by atoms with van der Waals surface area (Å²) in [6.07, 6.45) is 1.68. The second kappa shape index (κ2) is 9.74. The minimum atomic E-state index is -0.378. The lowest BCUT2D eigenvalue weighted by atomic mass is 9.72. The van der Waals surface area contributed by atoms with Crippen molar-refractivity contribution >= 4 is 38.9 Å². The molecule has 36 heavy (non-hydrogen) atoms. The normalized spacial score (nSPS) is 17.2. The Morgan fingerprint density at radius 1 is 0.833 bits per heavy atom. The average Bonchev–Trinajstić information content (AvgIpc) is 2.92. The molecule has 1 aliphatic carbocycles. The van der Waals surface area contributed by atoms with Crippen LogP contribution in [0.15, 0.2) is 116 Å². The van der Waals surface area contributed by atoms with Gasteiger partial charge in [0, 0.05) is 27.8 Å². The molecule has 3 nitrogen and oxygen atoms in total. The molecule has 0 bridgehead atoms. The Balaban J connectivity index is 1.42. The molecular formula is C31H23BrO3S. The van der Waals surface area contributed by atoms with E-state index in [2.05, 4.69) is 82.7 Å². The van der Waals surface area contributed by atoms with E-state index in [1.807, 2.05) is 24.3 Å². The standard InChI is InChI=1S/C31H23BrO3S/c32-24-15-13-20(14-16-24)19-9-11-21(12-10-19)23-17-22-5-1-2-6-25(22)27(18-23)29-30(36-34)26-7-3-4-8-28(26)35-31(29)33/h1-16,23,27,34H,17-18H2. The maximum absolute atomic E-state index is 13.3. The van der Waals surface area contributed by atoms with Crippen molar-refractivity contribution in [2.24, 2.45) is 0 Å². The fourth-order valence-corrected chi connectivity index (χ4v) is 6.33. The number of halogens is 1. The zero-order valence-corrected chi connectivity index (χ0v) is 21.8. The van der Waals surface area contributed by atoms with E-state index in [-0.39, 0.29) is 17.5 Å². The van der Waals surface area contributed by atoms with E-state index in [1.54, 1.807) is 6.07 Å². The molecule has 0 saturated carbocycles. The lowest BCUT2D eigenvalue weighted by Gasteiger charge is -2.32. The predicted octanol–water partition coefficient (Wildman–Crippen LogP) is 8.65.